The molecule has 0 saturated carbocycles. The Hall–Kier alpha value is -1.18. The Balaban J connectivity index is 2.25. The highest BCUT2D eigenvalue weighted by molar-refractivity contribution is 5.58. The highest BCUT2D eigenvalue weighted by atomic mass is 16.5. The second-order valence-electron chi connectivity index (χ2n) is 5.00. The summed E-state index contributed by atoms with van der Waals surface area (Å²) in [6.07, 6.45) is 2.53. The third kappa shape index (κ3) is 2.31. The van der Waals surface area contributed by atoms with Gasteiger partial charge in [0.05, 0.1) is 7.11 Å². The fraction of sp³-hybridized carbons (Fsp3) is 0.571. The van der Waals surface area contributed by atoms with Crippen molar-refractivity contribution in [1.82, 2.24) is 0 Å². The molecule has 1 aromatic rings. The van der Waals surface area contributed by atoms with E-state index < -0.39 is 0 Å². The normalized spacial score (nSPS) is 19.1. The number of hydrogen-bond acceptors (Lipinski definition) is 2. The van der Waals surface area contributed by atoms with Crippen LogP contribution in [-0.4, -0.2) is 13.7 Å². The van der Waals surface area contributed by atoms with Gasteiger partial charge in [0.15, 0.2) is 0 Å². The zero-order valence-corrected chi connectivity index (χ0v) is 10.4. The number of ether oxygens (including phenoxy) is 1. The lowest BCUT2D eigenvalue weighted by Crippen LogP contribution is -2.18. The fourth-order valence-corrected chi connectivity index (χ4v) is 2.52. The van der Waals surface area contributed by atoms with Crippen LogP contribution < -0.4 is 10.1 Å². The Bertz CT molecular complexity index is 360. The fourth-order valence-electron chi connectivity index (χ4n) is 2.52. The van der Waals surface area contributed by atoms with Crippen molar-refractivity contribution < 1.29 is 4.74 Å². The summed E-state index contributed by atoms with van der Waals surface area (Å²) in [5, 5.41) is 3.46. The van der Waals surface area contributed by atoms with Crippen molar-refractivity contribution in [2.45, 2.75) is 32.6 Å². The maximum absolute atomic E-state index is 5.26. The summed E-state index contributed by atoms with van der Waals surface area (Å²) in [5.74, 6) is 2.41. The van der Waals surface area contributed by atoms with Crippen LogP contribution in [0.3, 0.4) is 0 Å². The lowest BCUT2D eigenvalue weighted by molar-refractivity contribution is 0.414. The number of nitrogens with one attached hydrogen (secondary N) is 1. The number of benzene rings is 1. The van der Waals surface area contributed by atoms with E-state index in [1.165, 1.54) is 24.1 Å². The van der Waals surface area contributed by atoms with Crippen LogP contribution in [0.4, 0.5) is 5.69 Å². The van der Waals surface area contributed by atoms with Crippen LogP contribution in [-0.2, 0) is 0 Å². The average Bonchev–Trinajstić information content (AvgIpc) is 2.28. The van der Waals surface area contributed by atoms with Crippen LogP contribution in [0.2, 0.25) is 0 Å². The second kappa shape index (κ2) is 4.77. The van der Waals surface area contributed by atoms with E-state index in [1.807, 2.05) is 0 Å². The molecule has 0 bridgehead atoms. The Morgan fingerprint density at radius 2 is 2.25 bits per heavy atom. The summed E-state index contributed by atoms with van der Waals surface area (Å²) in [7, 11) is 1.72. The van der Waals surface area contributed by atoms with Crippen LogP contribution in [0.25, 0.3) is 0 Å². The van der Waals surface area contributed by atoms with Crippen molar-refractivity contribution in [3.63, 3.8) is 0 Å². The highest BCUT2D eigenvalue weighted by Crippen LogP contribution is 2.37. The maximum atomic E-state index is 5.26. The Labute approximate surface area is 98.0 Å². The summed E-state index contributed by atoms with van der Waals surface area (Å²) in [5.41, 5.74) is 2.72. The van der Waals surface area contributed by atoms with Crippen LogP contribution in [0.1, 0.15) is 38.2 Å². The van der Waals surface area contributed by atoms with E-state index in [0.717, 1.165) is 18.2 Å². The molecule has 1 heterocycles. The molecule has 1 aliphatic heterocycles. The molecular formula is C14H21NO. The molecule has 0 radical (unpaired) electrons. The van der Waals surface area contributed by atoms with Crippen LogP contribution >= 0.6 is 0 Å². The van der Waals surface area contributed by atoms with E-state index in [2.05, 4.69) is 37.4 Å². The number of methoxy groups -OCH3 is 1. The summed E-state index contributed by atoms with van der Waals surface area (Å²) < 4.78 is 5.26. The van der Waals surface area contributed by atoms with Crippen molar-refractivity contribution in [3.8, 4) is 5.75 Å². The first-order valence-electron chi connectivity index (χ1n) is 6.12. The summed E-state index contributed by atoms with van der Waals surface area (Å²) in [6, 6.07) is 6.40. The third-order valence-electron chi connectivity index (χ3n) is 3.26. The van der Waals surface area contributed by atoms with Gasteiger partial charge in [-0.05, 0) is 36.3 Å². The SMILES string of the molecule is COc1ccc2c(c1)NCCC2CC(C)C. The van der Waals surface area contributed by atoms with Crippen molar-refractivity contribution in [2.24, 2.45) is 5.92 Å². The molecule has 0 aromatic heterocycles. The topological polar surface area (TPSA) is 21.3 Å². The van der Waals surface area contributed by atoms with E-state index in [0.29, 0.717) is 5.92 Å². The van der Waals surface area contributed by atoms with Gasteiger partial charge in [0, 0.05) is 18.3 Å². The van der Waals surface area contributed by atoms with Gasteiger partial charge in [-0.15, -0.1) is 0 Å². The Morgan fingerprint density at radius 1 is 1.44 bits per heavy atom. The molecule has 1 atom stereocenters. The smallest absolute Gasteiger partial charge is 0.120 e. The molecule has 0 aliphatic carbocycles. The van der Waals surface area contributed by atoms with Gasteiger partial charge in [-0.3, -0.25) is 0 Å². The zero-order chi connectivity index (χ0) is 11.5. The van der Waals surface area contributed by atoms with Crippen molar-refractivity contribution in [1.29, 1.82) is 0 Å². The number of anilines is 1. The standard InChI is InChI=1S/C14H21NO/c1-10(2)8-11-6-7-15-14-9-12(16-3)4-5-13(11)14/h4-5,9-11,15H,6-8H2,1-3H3. The van der Waals surface area contributed by atoms with Gasteiger partial charge in [-0.1, -0.05) is 19.9 Å². The van der Waals surface area contributed by atoms with Gasteiger partial charge in [-0.25, -0.2) is 0 Å². The predicted molar refractivity (Wildman–Crippen MR) is 68.3 cm³/mol. The van der Waals surface area contributed by atoms with E-state index in [-0.39, 0.29) is 0 Å². The average molecular weight is 219 g/mol. The molecular weight excluding hydrogens is 198 g/mol. The molecule has 16 heavy (non-hydrogen) atoms. The molecule has 88 valence electrons. The first-order chi connectivity index (χ1) is 7.70. The largest absolute Gasteiger partial charge is 0.497 e. The number of rotatable bonds is 3. The van der Waals surface area contributed by atoms with E-state index in [9.17, 15) is 0 Å². The monoisotopic (exact) mass is 219 g/mol. The van der Waals surface area contributed by atoms with Crippen molar-refractivity contribution in [2.75, 3.05) is 19.0 Å². The van der Waals surface area contributed by atoms with Gasteiger partial charge >= 0.3 is 0 Å². The quantitative estimate of drug-likeness (QED) is 0.838. The van der Waals surface area contributed by atoms with Crippen LogP contribution in [0.5, 0.6) is 5.75 Å². The highest BCUT2D eigenvalue weighted by Gasteiger charge is 2.20. The van der Waals surface area contributed by atoms with Gasteiger partial charge in [0.25, 0.3) is 0 Å². The molecule has 0 saturated heterocycles. The molecule has 1 N–H and O–H groups in total. The first kappa shape index (κ1) is 11.3. The molecule has 2 rings (SSSR count). The zero-order valence-electron chi connectivity index (χ0n) is 10.4. The summed E-state index contributed by atoms with van der Waals surface area (Å²) in [4.78, 5) is 0. The Kier molecular flexibility index (Phi) is 3.37. The molecule has 0 spiro atoms. The number of fused-ring (bicyclic) bond motifs is 1. The lowest BCUT2D eigenvalue weighted by atomic mass is 9.84. The maximum Gasteiger partial charge on any atom is 0.120 e. The summed E-state index contributed by atoms with van der Waals surface area (Å²) >= 11 is 0. The second-order valence-corrected chi connectivity index (χ2v) is 5.00. The Morgan fingerprint density at radius 3 is 2.94 bits per heavy atom. The molecule has 0 fully saturated rings. The molecule has 0 amide bonds. The minimum atomic E-state index is 0.710. The molecule has 1 aromatic carbocycles. The molecule has 2 heteroatoms. The predicted octanol–water partition coefficient (Wildman–Crippen LogP) is 3.64. The van der Waals surface area contributed by atoms with Crippen LogP contribution in [0, 0.1) is 5.92 Å². The molecule has 1 unspecified atom stereocenters. The number of hydrogen-bond donors (Lipinski definition) is 1. The van der Waals surface area contributed by atoms with Crippen molar-refractivity contribution in [3.05, 3.63) is 23.8 Å². The molecule has 2 nitrogen and oxygen atoms in total. The van der Waals surface area contributed by atoms with Crippen LogP contribution in [0.15, 0.2) is 18.2 Å². The van der Waals surface area contributed by atoms with Gasteiger partial charge in [0.2, 0.25) is 0 Å². The van der Waals surface area contributed by atoms with E-state index >= 15 is 0 Å². The van der Waals surface area contributed by atoms with Gasteiger partial charge in [0.1, 0.15) is 5.75 Å². The van der Waals surface area contributed by atoms with Gasteiger partial charge in [-0.2, -0.15) is 0 Å². The van der Waals surface area contributed by atoms with Crippen molar-refractivity contribution >= 4 is 5.69 Å². The molecule has 1 aliphatic rings. The minimum Gasteiger partial charge on any atom is -0.497 e. The van der Waals surface area contributed by atoms with E-state index in [1.54, 1.807) is 7.11 Å². The minimum absolute atomic E-state index is 0.710. The third-order valence-corrected chi connectivity index (χ3v) is 3.26. The van der Waals surface area contributed by atoms with E-state index in [4.69, 9.17) is 4.74 Å². The summed E-state index contributed by atoms with van der Waals surface area (Å²) in [6.45, 7) is 5.67. The van der Waals surface area contributed by atoms with Gasteiger partial charge < -0.3 is 10.1 Å². The lowest BCUT2D eigenvalue weighted by Gasteiger charge is -2.28. The first-order valence-corrected chi connectivity index (χ1v) is 6.12.